The van der Waals surface area contributed by atoms with Crippen LogP contribution in [0.3, 0.4) is 0 Å². The van der Waals surface area contributed by atoms with Crippen molar-refractivity contribution in [3.8, 4) is 0 Å². The van der Waals surface area contributed by atoms with Crippen molar-refractivity contribution < 1.29 is 4.79 Å². The van der Waals surface area contributed by atoms with Crippen LogP contribution in [0, 0.1) is 0 Å². The van der Waals surface area contributed by atoms with Gasteiger partial charge < -0.3 is 5.32 Å². The zero-order valence-corrected chi connectivity index (χ0v) is 7.92. The molecule has 13 heavy (non-hydrogen) atoms. The summed E-state index contributed by atoms with van der Waals surface area (Å²) in [6, 6.07) is 0. The van der Waals surface area contributed by atoms with Crippen LogP contribution in [0.15, 0.2) is 36.2 Å². The van der Waals surface area contributed by atoms with Gasteiger partial charge in [0.15, 0.2) is 5.78 Å². The molecule has 1 aliphatic rings. The first-order valence-electron chi connectivity index (χ1n) is 4.68. The number of hydrogen-bond acceptors (Lipinski definition) is 2. The summed E-state index contributed by atoms with van der Waals surface area (Å²) < 4.78 is 0. The molecule has 0 amide bonds. The first-order chi connectivity index (χ1) is 6.34. The standard InChI is InChI=1S/C11H15NO/c1-2-3-8-11(13)10-7-5-4-6-9-12-10/h4-7,9,12H,2-3,8H2,1H3. The van der Waals surface area contributed by atoms with Crippen molar-refractivity contribution in [2.75, 3.05) is 0 Å². The van der Waals surface area contributed by atoms with Gasteiger partial charge in [-0.3, -0.25) is 4.79 Å². The Labute approximate surface area is 79.0 Å². The van der Waals surface area contributed by atoms with Gasteiger partial charge in [-0.25, -0.2) is 0 Å². The number of Topliss-reactive ketones (excluding diaryl/α,β-unsaturated/α-hetero) is 1. The van der Waals surface area contributed by atoms with Crippen LogP contribution in [0.5, 0.6) is 0 Å². The molecular weight excluding hydrogens is 162 g/mol. The Morgan fingerprint density at radius 2 is 2.23 bits per heavy atom. The van der Waals surface area contributed by atoms with Gasteiger partial charge in [-0.05, 0) is 18.6 Å². The summed E-state index contributed by atoms with van der Waals surface area (Å²) in [5, 5.41) is 2.96. The molecule has 2 heteroatoms. The lowest BCUT2D eigenvalue weighted by Crippen LogP contribution is -2.14. The zero-order valence-electron chi connectivity index (χ0n) is 7.92. The van der Waals surface area contributed by atoms with E-state index < -0.39 is 0 Å². The maximum atomic E-state index is 11.5. The van der Waals surface area contributed by atoms with Crippen LogP contribution >= 0.6 is 0 Å². The number of carbonyl (C=O) groups is 1. The van der Waals surface area contributed by atoms with E-state index in [1.165, 1.54) is 0 Å². The molecule has 0 radical (unpaired) electrons. The van der Waals surface area contributed by atoms with Crippen LogP contribution in [0.2, 0.25) is 0 Å². The Bertz CT molecular complexity index is 261. The lowest BCUT2D eigenvalue weighted by molar-refractivity contribution is -0.115. The summed E-state index contributed by atoms with van der Waals surface area (Å²) in [6.45, 7) is 2.09. The third-order valence-electron chi connectivity index (χ3n) is 1.88. The van der Waals surface area contributed by atoms with E-state index in [9.17, 15) is 4.79 Å². The number of hydrogen-bond donors (Lipinski definition) is 1. The SMILES string of the molecule is CCCCC(=O)C1=CC=CC=CN1. The Hall–Kier alpha value is -1.31. The van der Waals surface area contributed by atoms with E-state index in [2.05, 4.69) is 12.2 Å². The number of unbranched alkanes of at least 4 members (excludes halogenated alkanes) is 1. The summed E-state index contributed by atoms with van der Waals surface area (Å²) >= 11 is 0. The van der Waals surface area contributed by atoms with Crippen molar-refractivity contribution in [1.29, 1.82) is 0 Å². The van der Waals surface area contributed by atoms with Gasteiger partial charge in [-0.15, -0.1) is 0 Å². The van der Waals surface area contributed by atoms with Gasteiger partial charge in [-0.1, -0.05) is 25.5 Å². The predicted molar refractivity (Wildman–Crippen MR) is 54.0 cm³/mol. The predicted octanol–water partition coefficient (Wildman–Crippen LogP) is 2.30. The fraction of sp³-hybridized carbons (Fsp3) is 0.364. The zero-order chi connectivity index (χ0) is 9.52. The number of rotatable bonds is 4. The van der Waals surface area contributed by atoms with E-state index in [4.69, 9.17) is 0 Å². The molecule has 0 bridgehead atoms. The molecule has 0 aromatic carbocycles. The molecule has 0 atom stereocenters. The second kappa shape index (κ2) is 5.36. The van der Waals surface area contributed by atoms with Gasteiger partial charge in [0.2, 0.25) is 0 Å². The van der Waals surface area contributed by atoms with Gasteiger partial charge in [0.25, 0.3) is 0 Å². The van der Waals surface area contributed by atoms with Gasteiger partial charge in [-0.2, -0.15) is 0 Å². The molecule has 1 N–H and O–H groups in total. The van der Waals surface area contributed by atoms with E-state index in [1.54, 1.807) is 6.20 Å². The molecule has 1 rings (SSSR count). The highest BCUT2D eigenvalue weighted by Gasteiger charge is 2.06. The second-order valence-corrected chi connectivity index (χ2v) is 3.00. The van der Waals surface area contributed by atoms with Crippen molar-refractivity contribution in [3.05, 3.63) is 36.2 Å². The Kier molecular flexibility index (Phi) is 4.03. The highest BCUT2D eigenvalue weighted by atomic mass is 16.1. The molecule has 0 aromatic heterocycles. The Balaban J connectivity index is 2.50. The number of ketones is 1. The second-order valence-electron chi connectivity index (χ2n) is 3.00. The first kappa shape index (κ1) is 9.78. The summed E-state index contributed by atoms with van der Waals surface area (Å²) in [6.07, 6.45) is 11.9. The Morgan fingerprint density at radius 3 is 3.00 bits per heavy atom. The minimum absolute atomic E-state index is 0.193. The number of nitrogens with one attached hydrogen (secondary N) is 1. The molecule has 1 aliphatic heterocycles. The lowest BCUT2D eigenvalue weighted by Gasteiger charge is -2.03. The van der Waals surface area contributed by atoms with Crippen LogP contribution in [0.1, 0.15) is 26.2 Å². The van der Waals surface area contributed by atoms with Crippen LogP contribution in [0.25, 0.3) is 0 Å². The van der Waals surface area contributed by atoms with Crippen LogP contribution in [-0.4, -0.2) is 5.78 Å². The third-order valence-corrected chi connectivity index (χ3v) is 1.88. The highest BCUT2D eigenvalue weighted by Crippen LogP contribution is 2.04. The highest BCUT2D eigenvalue weighted by molar-refractivity contribution is 5.95. The maximum Gasteiger partial charge on any atom is 0.178 e. The fourth-order valence-electron chi connectivity index (χ4n) is 1.10. The minimum Gasteiger partial charge on any atom is -0.359 e. The van der Waals surface area contributed by atoms with Crippen molar-refractivity contribution in [2.24, 2.45) is 0 Å². The first-order valence-corrected chi connectivity index (χ1v) is 4.68. The van der Waals surface area contributed by atoms with Crippen molar-refractivity contribution in [1.82, 2.24) is 5.32 Å². The topological polar surface area (TPSA) is 29.1 Å². The number of allylic oxidation sites excluding steroid dienone is 5. The third kappa shape index (κ3) is 3.28. The monoisotopic (exact) mass is 177 g/mol. The van der Waals surface area contributed by atoms with Crippen LogP contribution in [0.4, 0.5) is 0 Å². The molecule has 2 nitrogen and oxygen atoms in total. The molecule has 70 valence electrons. The van der Waals surface area contributed by atoms with Gasteiger partial charge >= 0.3 is 0 Å². The molecule has 0 unspecified atom stereocenters. The van der Waals surface area contributed by atoms with Crippen molar-refractivity contribution in [2.45, 2.75) is 26.2 Å². The van der Waals surface area contributed by atoms with Gasteiger partial charge in [0, 0.05) is 12.6 Å². The van der Waals surface area contributed by atoms with Gasteiger partial charge in [0.05, 0.1) is 5.70 Å². The summed E-state index contributed by atoms with van der Waals surface area (Å²) in [5.41, 5.74) is 0.693. The van der Waals surface area contributed by atoms with E-state index in [0.717, 1.165) is 12.8 Å². The van der Waals surface area contributed by atoms with Crippen molar-refractivity contribution >= 4 is 5.78 Å². The average Bonchev–Trinajstić information content (AvgIpc) is 2.42. The molecule has 1 heterocycles. The van der Waals surface area contributed by atoms with Gasteiger partial charge in [0.1, 0.15) is 0 Å². The van der Waals surface area contributed by atoms with E-state index >= 15 is 0 Å². The van der Waals surface area contributed by atoms with E-state index in [1.807, 2.05) is 24.3 Å². The lowest BCUT2D eigenvalue weighted by atomic mass is 10.1. The molecule has 0 aliphatic carbocycles. The maximum absolute atomic E-state index is 11.5. The van der Waals surface area contributed by atoms with Crippen molar-refractivity contribution in [3.63, 3.8) is 0 Å². The molecule has 0 saturated heterocycles. The summed E-state index contributed by atoms with van der Waals surface area (Å²) in [4.78, 5) is 11.5. The summed E-state index contributed by atoms with van der Waals surface area (Å²) in [7, 11) is 0. The quantitative estimate of drug-likeness (QED) is 0.714. The largest absolute Gasteiger partial charge is 0.359 e. The molecule has 0 spiro atoms. The minimum atomic E-state index is 0.193. The van der Waals surface area contributed by atoms with Crippen LogP contribution in [-0.2, 0) is 4.79 Å². The molecule has 0 aromatic rings. The normalized spacial score (nSPS) is 14.7. The smallest absolute Gasteiger partial charge is 0.178 e. The van der Waals surface area contributed by atoms with E-state index in [0.29, 0.717) is 12.1 Å². The summed E-state index contributed by atoms with van der Waals surface area (Å²) in [5.74, 6) is 0.193. The average molecular weight is 177 g/mol. The molecule has 0 saturated carbocycles. The molecular formula is C11H15NO. The molecule has 0 fully saturated rings. The Morgan fingerprint density at radius 1 is 1.38 bits per heavy atom. The van der Waals surface area contributed by atoms with Crippen LogP contribution < -0.4 is 5.32 Å². The van der Waals surface area contributed by atoms with E-state index in [-0.39, 0.29) is 5.78 Å². The fourth-order valence-corrected chi connectivity index (χ4v) is 1.10. The number of carbonyl (C=O) groups excluding carboxylic acids is 1.